The Morgan fingerprint density at radius 2 is 1.23 bits per heavy atom. The Hall–Kier alpha value is -4.74. The molecule has 2 saturated carbocycles. The number of nitrogens with zero attached hydrogens (tertiary/aromatic N) is 3. The first-order chi connectivity index (χ1) is 32.6. The Morgan fingerprint density at radius 1 is 0.580 bits per heavy atom. The van der Waals surface area contributed by atoms with Gasteiger partial charge in [0.25, 0.3) is 6.71 Å². The van der Waals surface area contributed by atoms with Crippen LogP contribution in [0.4, 0.5) is 39.8 Å². The molecule has 6 aromatic rings. The van der Waals surface area contributed by atoms with Crippen LogP contribution < -0.4 is 31.1 Å². The van der Waals surface area contributed by atoms with Crippen LogP contribution in [0.25, 0.3) is 16.2 Å². The summed E-state index contributed by atoms with van der Waals surface area (Å²) in [6, 6.07) is 26.0. The number of fused-ring (bicyclic) bond motifs is 13. The second-order valence-electron chi connectivity index (χ2n) is 26.1. The van der Waals surface area contributed by atoms with E-state index in [4.69, 9.17) is 0 Å². The van der Waals surface area contributed by atoms with Crippen LogP contribution in [0, 0.1) is 27.7 Å². The zero-order valence-corrected chi connectivity index (χ0v) is 45.1. The molecule has 4 atom stereocenters. The lowest BCUT2D eigenvalue weighted by Crippen LogP contribution is -2.65. The van der Waals surface area contributed by atoms with Crippen LogP contribution in [0.1, 0.15) is 182 Å². The first-order valence-corrected chi connectivity index (χ1v) is 27.7. The summed E-state index contributed by atoms with van der Waals surface area (Å²) in [5.74, 6) is 0. The molecule has 3 aliphatic carbocycles. The van der Waals surface area contributed by atoms with Crippen molar-refractivity contribution in [3.63, 3.8) is 0 Å². The summed E-state index contributed by atoms with van der Waals surface area (Å²) in [5, 5.41) is 1.44. The van der Waals surface area contributed by atoms with Crippen LogP contribution in [-0.2, 0) is 28.1 Å². The molecule has 5 heterocycles. The highest BCUT2D eigenvalue weighted by Gasteiger charge is 2.63. The summed E-state index contributed by atoms with van der Waals surface area (Å²) < 4.78 is 1.42. The topological polar surface area (TPSA) is 9.72 Å². The molecule has 3 nitrogen and oxygen atoms in total. The van der Waals surface area contributed by atoms with Crippen molar-refractivity contribution in [2.24, 2.45) is 0 Å². The normalized spacial score (nSPS) is 26.2. The first kappa shape index (κ1) is 44.2. The van der Waals surface area contributed by atoms with Crippen molar-refractivity contribution in [2.45, 2.75) is 194 Å². The van der Waals surface area contributed by atoms with E-state index in [0.29, 0.717) is 0 Å². The smallest absolute Gasteiger partial charge is 0.252 e. The molecular weight excluding hydrogens is 854 g/mol. The molecule has 0 amide bonds. The molecule has 5 aromatic carbocycles. The maximum atomic E-state index is 3.00. The minimum absolute atomic E-state index is 0.0215. The highest BCUT2D eigenvalue weighted by molar-refractivity contribution is 7.19. The van der Waals surface area contributed by atoms with Crippen molar-refractivity contribution in [1.29, 1.82) is 0 Å². The molecule has 1 aromatic heterocycles. The zero-order chi connectivity index (χ0) is 48.3. The van der Waals surface area contributed by atoms with E-state index in [2.05, 4.69) is 184 Å². The Morgan fingerprint density at radius 3 is 1.93 bits per heavy atom. The van der Waals surface area contributed by atoms with Gasteiger partial charge in [-0.15, -0.1) is 11.3 Å². The minimum atomic E-state index is -0.0864. The number of hydrogen-bond donors (Lipinski definition) is 0. The molecule has 5 heteroatoms. The molecule has 69 heavy (non-hydrogen) atoms. The van der Waals surface area contributed by atoms with E-state index in [0.717, 1.165) is 12.8 Å². The summed E-state index contributed by atoms with van der Waals surface area (Å²) in [5.41, 5.74) is 27.5. The van der Waals surface area contributed by atoms with Crippen LogP contribution in [0.3, 0.4) is 0 Å². The number of thiophene rings is 1. The lowest BCUT2D eigenvalue weighted by atomic mass is 9.32. The summed E-state index contributed by atoms with van der Waals surface area (Å²) in [6.07, 6.45) is 17.0. The molecule has 354 valence electrons. The zero-order valence-electron chi connectivity index (χ0n) is 44.3. The van der Waals surface area contributed by atoms with Gasteiger partial charge >= 0.3 is 0 Å². The quantitative estimate of drug-likeness (QED) is 0.160. The standard InChI is InChI=1S/C64H74BN3S/c1-37-29-38(2)55-58-54(37)62(12)26-18-20-28-64(62,14)68(58)51-34-43(67-48-24-23-41(59(5,6)7)32-46(48)61(11)25-17-19-27-63(61,67)13)33-50-56(51)65(55)47-35-45-44-21-15-16-22-52(44)69-53(45)36-49(47)66(50)57-39(3)30-42(31-40(57)4)60(8,9)10/h15,21,23-24,29-36H,16-20,22,25-28H2,1-14H3. The van der Waals surface area contributed by atoms with Crippen molar-refractivity contribution in [3.8, 4) is 0 Å². The van der Waals surface area contributed by atoms with E-state index in [1.165, 1.54) is 145 Å². The van der Waals surface area contributed by atoms with Gasteiger partial charge in [0.15, 0.2) is 0 Å². The Bertz CT molecular complexity index is 3280. The predicted octanol–water partition coefficient (Wildman–Crippen LogP) is 15.8. The third-order valence-electron chi connectivity index (χ3n) is 20.1. The number of rotatable bonds is 2. The van der Waals surface area contributed by atoms with Crippen molar-refractivity contribution >= 4 is 90.4 Å². The lowest BCUT2D eigenvalue weighted by molar-refractivity contribution is 0.193. The van der Waals surface area contributed by atoms with Gasteiger partial charge in [-0.2, -0.15) is 0 Å². The maximum absolute atomic E-state index is 3.00. The van der Waals surface area contributed by atoms with Crippen molar-refractivity contribution in [3.05, 3.63) is 122 Å². The lowest BCUT2D eigenvalue weighted by Gasteiger charge is -2.54. The van der Waals surface area contributed by atoms with Crippen molar-refractivity contribution < 1.29 is 0 Å². The highest BCUT2D eigenvalue weighted by Crippen LogP contribution is 2.66. The Kier molecular flexibility index (Phi) is 8.99. The largest absolute Gasteiger partial charge is 0.335 e. The van der Waals surface area contributed by atoms with E-state index in [9.17, 15) is 0 Å². The maximum Gasteiger partial charge on any atom is 0.252 e. The summed E-state index contributed by atoms with van der Waals surface area (Å²) in [6.45, 7) is 34.7. The van der Waals surface area contributed by atoms with Gasteiger partial charge in [0.1, 0.15) is 0 Å². The fraction of sp³-hybridized carbons (Fsp3) is 0.469. The average Bonchev–Trinajstić information content (AvgIpc) is 3.83. The van der Waals surface area contributed by atoms with E-state index < -0.39 is 0 Å². The predicted molar refractivity (Wildman–Crippen MR) is 300 cm³/mol. The second-order valence-corrected chi connectivity index (χ2v) is 27.2. The molecule has 0 spiro atoms. The molecule has 4 aliphatic heterocycles. The van der Waals surface area contributed by atoms with E-state index in [1.54, 1.807) is 27.2 Å². The van der Waals surface area contributed by atoms with Gasteiger partial charge in [0.2, 0.25) is 0 Å². The molecule has 4 unspecified atom stereocenters. The van der Waals surface area contributed by atoms with Crippen molar-refractivity contribution in [2.75, 3.05) is 14.7 Å². The number of anilines is 7. The molecule has 0 radical (unpaired) electrons. The monoisotopic (exact) mass is 928 g/mol. The van der Waals surface area contributed by atoms with Crippen LogP contribution in [0.2, 0.25) is 0 Å². The van der Waals surface area contributed by atoms with Crippen LogP contribution in [-0.4, -0.2) is 17.8 Å². The fourth-order valence-electron chi connectivity index (χ4n) is 16.2. The molecule has 2 fully saturated rings. The number of hydrogen-bond acceptors (Lipinski definition) is 4. The number of benzene rings is 5. The van der Waals surface area contributed by atoms with Gasteiger partial charge < -0.3 is 14.7 Å². The first-order valence-electron chi connectivity index (χ1n) is 26.9. The van der Waals surface area contributed by atoms with Crippen LogP contribution >= 0.6 is 11.3 Å². The third kappa shape index (κ3) is 5.53. The number of allylic oxidation sites excluding steroid dienone is 1. The highest BCUT2D eigenvalue weighted by atomic mass is 32.1. The summed E-state index contributed by atoms with van der Waals surface area (Å²) in [4.78, 5) is 10.2. The van der Waals surface area contributed by atoms with Gasteiger partial charge in [-0.25, -0.2) is 0 Å². The second kappa shape index (κ2) is 14.0. The van der Waals surface area contributed by atoms with Gasteiger partial charge in [-0.1, -0.05) is 135 Å². The van der Waals surface area contributed by atoms with Crippen molar-refractivity contribution in [1.82, 2.24) is 0 Å². The molecule has 0 N–H and O–H groups in total. The molecule has 13 rings (SSSR count). The summed E-state index contributed by atoms with van der Waals surface area (Å²) >= 11 is 2.04. The average molecular weight is 928 g/mol. The van der Waals surface area contributed by atoms with Crippen LogP contribution in [0.15, 0.2) is 66.7 Å². The molecule has 0 saturated heterocycles. The van der Waals surface area contributed by atoms with Gasteiger partial charge in [0.05, 0.1) is 16.8 Å². The van der Waals surface area contributed by atoms with Gasteiger partial charge in [-0.05, 0) is 181 Å². The van der Waals surface area contributed by atoms with Crippen LogP contribution in [0.5, 0.6) is 0 Å². The number of aryl methyl sites for hydroxylation is 5. The fourth-order valence-corrected chi connectivity index (χ4v) is 17.4. The van der Waals surface area contributed by atoms with E-state index in [-0.39, 0.29) is 39.5 Å². The van der Waals surface area contributed by atoms with Gasteiger partial charge in [-0.3, -0.25) is 0 Å². The van der Waals surface area contributed by atoms with E-state index in [1.807, 2.05) is 11.3 Å². The van der Waals surface area contributed by atoms with Gasteiger partial charge in [0, 0.05) is 54.5 Å². The Labute approximate surface area is 418 Å². The van der Waals surface area contributed by atoms with E-state index >= 15 is 0 Å². The Balaban J connectivity index is 1.19. The third-order valence-corrected chi connectivity index (χ3v) is 21.3. The minimum Gasteiger partial charge on any atom is -0.335 e. The molecule has 0 bridgehead atoms. The molecular formula is C64H74BN3S. The summed E-state index contributed by atoms with van der Waals surface area (Å²) in [7, 11) is 0. The SMILES string of the molecule is Cc1cc(C)c2c3c1B1c4cc5c6c(sc5cc4N(c4c(C)cc(C(C)(C)C)cc4C)c4cc(N5c7ccc(C(C)(C)C)cc7C7(C)CCCCC57C)cc(c41)N3C1(C)CCCCC21C)CCC=C6. The molecule has 7 aliphatic rings.